The van der Waals surface area contributed by atoms with Gasteiger partial charge in [0.1, 0.15) is 0 Å². The number of hydrogen-bond acceptors (Lipinski definition) is 5. The average Bonchev–Trinajstić information content (AvgIpc) is 2.93. The second-order valence-electron chi connectivity index (χ2n) is 7.53. The molecule has 0 spiro atoms. The number of benzene rings is 1. The fraction of sp³-hybridized carbons (Fsp3) is 0.611. The summed E-state index contributed by atoms with van der Waals surface area (Å²) >= 11 is 0. The summed E-state index contributed by atoms with van der Waals surface area (Å²) in [5.74, 6) is 0.0484. The van der Waals surface area contributed by atoms with E-state index < -0.39 is 19.9 Å². The van der Waals surface area contributed by atoms with Gasteiger partial charge in [-0.2, -0.15) is 4.31 Å². The predicted octanol–water partition coefficient (Wildman–Crippen LogP) is 0.961. The molecule has 3 rings (SSSR count). The van der Waals surface area contributed by atoms with Crippen LogP contribution in [-0.2, 0) is 24.7 Å². The van der Waals surface area contributed by atoms with Gasteiger partial charge in [0.2, 0.25) is 15.9 Å². The van der Waals surface area contributed by atoms with E-state index in [9.17, 15) is 21.6 Å². The normalized spacial score (nSPS) is 23.5. The molecule has 0 aromatic heterocycles. The van der Waals surface area contributed by atoms with Crippen molar-refractivity contribution in [3.05, 3.63) is 29.3 Å². The van der Waals surface area contributed by atoms with Gasteiger partial charge in [0.05, 0.1) is 16.4 Å². The Labute approximate surface area is 161 Å². The lowest BCUT2D eigenvalue weighted by Gasteiger charge is -2.34. The Kier molecular flexibility index (Phi) is 5.65. The van der Waals surface area contributed by atoms with E-state index in [2.05, 4.69) is 0 Å². The summed E-state index contributed by atoms with van der Waals surface area (Å²) in [6, 6.07) is 5.27. The Balaban J connectivity index is 1.60. The maximum atomic E-state index is 12.9. The lowest BCUT2D eigenvalue weighted by molar-refractivity contribution is -0.133. The van der Waals surface area contributed by atoms with Gasteiger partial charge in [-0.3, -0.25) is 4.79 Å². The molecule has 1 aromatic rings. The minimum Gasteiger partial charge on any atom is -0.340 e. The van der Waals surface area contributed by atoms with Crippen LogP contribution in [0.3, 0.4) is 0 Å². The molecule has 1 aromatic carbocycles. The monoisotopic (exact) mass is 414 g/mol. The smallest absolute Gasteiger partial charge is 0.243 e. The zero-order chi connectivity index (χ0) is 19.8. The Bertz CT molecular complexity index is 932. The summed E-state index contributed by atoms with van der Waals surface area (Å²) in [7, 11) is -6.58. The van der Waals surface area contributed by atoms with Gasteiger partial charge in [-0.15, -0.1) is 0 Å². The fourth-order valence-corrected chi connectivity index (χ4v) is 7.30. The molecule has 2 aliphatic heterocycles. The molecule has 7 nitrogen and oxygen atoms in total. The van der Waals surface area contributed by atoms with Crippen LogP contribution in [0.25, 0.3) is 0 Å². The van der Waals surface area contributed by atoms with Crippen LogP contribution in [-0.4, -0.2) is 69.6 Å². The highest BCUT2D eigenvalue weighted by Gasteiger charge is 2.34. The number of piperazine rings is 1. The molecule has 150 valence electrons. The zero-order valence-electron chi connectivity index (χ0n) is 15.7. The molecule has 0 bridgehead atoms. The van der Waals surface area contributed by atoms with E-state index in [1.165, 1.54) is 4.31 Å². The van der Waals surface area contributed by atoms with E-state index in [1.807, 2.05) is 13.0 Å². The highest BCUT2D eigenvalue weighted by molar-refractivity contribution is 7.91. The first-order chi connectivity index (χ1) is 12.6. The first kappa shape index (κ1) is 20.3. The number of rotatable bonds is 4. The van der Waals surface area contributed by atoms with E-state index in [0.717, 1.165) is 11.1 Å². The molecule has 0 unspecified atom stereocenters. The number of aryl methyl sites for hydroxylation is 2. The van der Waals surface area contributed by atoms with Crippen molar-refractivity contribution >= 4 is 25.8 Å². The van der Waals surface area contributed by atoms with Gasteiger partial charge in [0.25, 0.3) is 0 Å². The summed E-state index contributed by atoms with van der Waals surface area (Å²) in [5, 5.41) is 0. The molecule has 0 saturated carbocycles. The third-order valence-corrected chi connectivity index (χ3v) is 9.23. The standard InChI is InChI=1S/C18H26N2O5S2/c1-14-3-4-17(15(2)11-14)27(24,25)20-8-6-19(7-9-20)18(21)12-16-5-10-26(22,23)13-16/h3-4,11,16H,5-10,12-13H2,1-2H3/t16-/m1/s1. The number of amides is 1. The molecule has 0 N–H and O–H groups in total. The molecule has 2 saturated heterocycles. The van der Waals surface area contributed by atoms with Crippen molar-refractivity contribution in [3.63, 3.8) is 0 Å². The molecule has 2 heterocycles. The second kappa shape index (κ2) is 7.52. The minimum atomic E-state index is -3.58. The molecule has 0 aliphatic carbocycles. The van der Waals surface area contributed by atoms with Gasteiger partial charge in [-0.1, -0.05) is 17.7 Å². The molecular formula is C18H26N2O5S2. The van der Waals surface area contributed by atoms with Crippen LogP contribution >= 0.6 is 0 Å². The van der Waals surface area contributed by atoms with E-state index in [0.29, 0.717) is 24.4 Å². The Morgan fingerprint density at radius 1 is 1.15 bits per heavy atom. The van der Waals surface area contributed by atoms with Gasteiger partial charge in [-0.05, 0) is 37.8 Å². The quantitative estimate of drug-likeness (QED) is 0.732. The van der Waals surface area contributed by atoms with Crippen molar-refractivity contribution < 1.29 is 21.6 Å². The summed E-state index contributed by atoms with van der Waals surface area (Å²) in [4.78, 5) is 14.4. The lowest BCUT2D eigenvalue weighted by Crippen LogP contribution is -2.50. The maximum absolute atomic E-state index is 12.9. The van der Waals surface area contributed by atoms with Crippen LogP contribution in [0.4, 0.5) is 0 Å². The summed E-state index contributed by atoms with van der Waals surface area (Å²) in [5.41, 5.74) is 1.73. The van der Waals surface area contributed by atoms with Crippen LogP contribution in [0.15, 0.2) is 23.1 Å². The highest BCUT2D eigenvalue weighted by Crippen LogP contribution is 2.24. The van der Waals surface area contributed by atoms with Crippen molar-refractivity contribution in [3.8, 4) is 0 Å². The van der Waals surface area contributed by atoms with E-state index >= 15 is 0 Å². The van der Waals surface area contributed by atoms with E-state index in [1.54, 1.807) is 24.0 Å². The van der Waals surface area contributed by atoms with Crippen LogP contribution in [0.1, 0.15) is 24.0 Å². The fourth-order valence-electron chi connectivity index (χ4n) is 3.81. The molecular weight excluding hydrogens is 388 g/mol. The van der Waals surface area contributed by atoms with E-state index in [4.69, 9.17) is 0 Å². The third kappa shape index (κ3) is 4.52. The molecule has 27 heavy (non-hydrogen) atoms. The number of carbonyl (C=O) groups is 1. The van der Waals surface area contributed by atoms with Crippen LogP contribution in [0, 0.1) is 19.8 Å². The molecule has 1 atom stereocenters. The second-order valence-corrected chi connectivity index (χ2v) is 11.7. The number of nitrogens with zero attached hydrogens (tertiary/aromatic N) is 2. The number of hydrogen-bond donors (Lipinski definition) is 0. The number of sulfone groups is 1. The summed E-state index contributed by atoms with van der Waals surface area (Å²) in [6.07, 6.45) is 0.762. The lowest BCUT2D eigenvalue weighted by atomic mass is 10.0. The Morgan fingerprint density at radius 3 is 2.37 bits per heavy atom. The van der Waals surface area contributed by atoms with Crippen LogP contribution < -0.4 is 0 Å². The Morgan fingerprint density at radius 2 is 1.81 bits per heavy atom. The van der Waals surface area contributed by atoms with Crippen molar-refractivity contribution in [1.29, 1.82) is 0 Å². The summed E-state index contributed by atoms with van der Waals surface area (Å²) in [6.45, 7) is 4.89. The van der Waals surface area contributed by atoms with Gasteiger partial charge >= 0.3 is 0 Å². The first-order valence-electron chi connectivity index (χ1n) is 9.14. The summed E-state index contributed by atoms with van der Waals surface area (Å²) < 4.78 is 50.3. The molecule has 9 heteroatoms. The van der Waals surface area contributed by atoms with Gasteiger partial charge < -0.3 is 4.90 Å². The van der Waals surface area contributed by atoms with Crippen molar-refractivity contribution in [2.45, 2.75) is 31.6 Å². The topological polar surface area (TPSA) is 91.8 Å². The van der Waals surface area contributed by atoms with Crippen molar-refractivity contribution in [1.82, 2.24) is 9.21 Å². The maximum Gasteiger partial charge on any atom is 0.243 e. The highest BCUT2D eigenvalue weighted by atomic mass is 32.2. The van der Waals surface area contributed by atoms with Crippen molar-refractivity contribution in [2.24, 2.45) is 5.92 Å². The molecule has 2 fully saturated rings. The van der Waals surface area contributed by atoms with Gasteiger partial charge in [-0.25, -0.2) is 16.8 Å². The first-order valence-corrected chi connectivity index (χ1v) is 12.4. The SMILES string of the molecule is Cc1ccc(S(=O)(=O)N2CCN(C(=O)C[C@H]3CCS(=O)(=O)C3)CC2)c(C)c1. The van der Waals surface area contributed by atoms with Gasteiger partial charge in [0, 0.05) is 32.6 Å². The number of sulfonamides is 1. The van der Waals surface area contributed by atoms with Crippen LogP contribution in [0.2, 0.25) is 0 Å². The largest absolute Gasteiger partial charge is 0.340 e. The predicted molar refractivity (Wildman–Crippen MR) is 103 cm³/mol. The van der Waals surface area contributed by atoms with Crippen molar-refractivity contribution in [2.75, 3.05) is 37.7 Å². The average molecular weight is 415 g/mol. The van der Waals surface area contributed by atoms with Crippen LogP contribution in [0.5, 0.6) is 0 Å². The van der Waals surface area contributed by atoms with E-state index in [-0.39, 0.29) is 42.8 Å². The third-order valence-electron chi connectivity index (χ3n) is 5.33. The molecule has 1 amide bonds. The number of carbonyl (C=O) groups excluding carboxylic acids is 1. The molecule has 0 radical (unpaired) electrons. The van der Waals surface area contributed by atoms with Gasteiger partial charge in [0.15, 0.2) is 9.84 Å². The Hall–Kier alpha value is -1.45. The zero-order valence-corrected chi connectivity index (χ0v) is 17.4. The molecule has 2 aliphatic rings. The minimum absolute atomic E-state index is 0.0827.